The molecule has 0 aromatic carbocycles. The molecule has 31 nitrogen and oxygen atoms in total. The van der Waals surface area contributed by atoms with Crippen molar-refractivity contribution in [1.29, 1.82) is 0 Å². The van der Waals surface area contributed by atoms with Crippen LogP contribution in [-0.2, 0) is 41.6 Å². The van der Waals surface area contributed by atoms with Crippen LogP contribution in [0.4, 0.5) is 46.2 Å². The largest absolute Gasteiger partial charge is 0.478 e. The third-order valence-electron chi connectivity index (χ3n) is 8.29. The molecule has 7 heterocycles. The summed E-state index contributed by atoms with van der Waals surface area (Å²) in [6, 6.07) is 6.65. The van der Waals surface area contributed by atoms with E-state index in [0.29, 0.717) is 30.3 Å². The molecular formula is C40H39N15O16. The lowest BCUT2D eigenvalue weighted by Crippen LogP contribution is -2.11. The number of rotatable bonds is 9. The van der Waals surface area contributed by atoms with Crippen LogP contribution in [0.15, 0.2) is 81.8 Å². The molecule has 0 spiro atoms. The number of hydrogen-bond donors (Lipinski definition) is 5. The number of methoxy groups -OCH3 is 4. The highest BCUT2D eigenvalue weighted by Crippen LogP contribution is 2.26. The standard InChI is InChI=1S/C9H9N3O5.C9H11N3O3.C8H7N3O2.C7H7N3O4.C7H5N3O2/c1-5(13)11-8-7(12(15)16)3-6(4-10-8)9(14)17-2;1-5(13)12-8-7(10)3-6(4-11-8)9(14)15-2;1-13-8(12)6-2-5-4-10-11-7(5)9-3-6;1-14-7(11)4-2-5(10(12)13)6(8)9-3-4;11-7(12)5-1-4-3-9-10-6(4)8-2-5/h3-4H,1-2H3,(H,10,11,13);3-4H,10H2,1-2H3,(H,11,12,13);2-3H,4H2,1H3;2-3H,1H3,(H2,8,9);1-2H,3H2,(H,11,12). The molecular weight excluding hydrogens is 947 g/mol. The number of aromatic carboxylic acids is 1. The van der Waals surface area contributed by atoms with E-state index in [1.165, 1.54) is 59.8 Å². The van der Waals surface area contributed by atoms with E-state index in [9.17, 15) is 53.8 Å². The number of aromatic nitrogens is 5. The molecule has 0 fully saturated rings. The summed E-state index contributed by atoms with van der Waals surface area (Å²) in [4.78, 5) is 115. The number of anilines is 4. The maximum absolute atomic E-state index is 11.1. The van der Waals surface area contributed by atoms with Gasteiger partial charge in [-0.15, -0.1) is 10.2 Å². The van der Waals surface area contributed by atoms with Crippen molar-refractivity contribution in [1.82, 2.24) is 24.9 Å². The van der Waals surface area contributed by atoms with E-state index in [2.05, 4.69) is 75.0 Å². The molecule has 370 valence electrons. The Kier molecular flexibility index (Phi) is 20.2. The summed E-state index contributed by atoms with van der Waals surface area (Å²) in [6.07, 6.45) is 6.21. The van der Waals surface area contributed by atoms with Gasteiger partial charge in [0.2, 0.25) is 23.5 Å². The number of nitrogens with two attached hydrogens (primary N) is 2. The molecule has 0 unspecified atom stereocenters. The van der Waals surface area contributed by atoms with Gasteiger partial charge >= 0.3 is 41.2 Å². The SMILES string of the molecule is COC(=O)c1cnc(N)c([N+](=O)[O-])c1.COC(=O)c1cnc(NC(C)=O)c(N)c1.COC(=O)c1cnc(NC(C)=O)c([N+](=O)[O-])c1.COC(=O)c1cnc2c(c1)CN=N2.O=C(O)c1cnc2c(c1)CN=N2. The number of fused-ring (bicyclic) bond motifs is 2. The fourth-order valence-electron chi connectivity index (χ4n) is 5.03. The first kappa shape index (κ1) is 55.0. The Morgan fingerprint density at radius 2 is 0.915 bits per heavy atom. The minimum Gasteiger partial charge on any atom is -0.478 e. The fraction of sp³-hybridized carbons (Fsp3) is 0.200. The lowest BCUT2D eigenvalue weighted by molar-refractivity contribution is -0.384. The molecule has 71 heavy (non-hydrogen) atoms. The molecule has 0 radical (unpaired) electrons. The molecule has 31 heteroatoms. The Labute approximate surface area is 398 Å². The number of carboxylic acid groups (broad SMARTS) is 1. The third kappa shape index (κ3) is 16.2. The second-order valence-electron chi connectivity index (χ2n) is 13.2. The van der Waals surface area contributed by atoms with Crippen LogP contribution >= 0.6 is 0 Å². The first-order valence-corrected chi connectivity index (χ1v) is 19.3. The second kappa shape index (κ2) is 26.1. The number of esters is 4. The van der Waals surface area contributed by atoms with Crippen LogP contribution < -0.4 is 22.1 Å². The molecule has 0 saturated carbocycles. The minimum atomic E-state index is -0.975. The summed E-state index contributed by atoms with van der Waals surface area (Å²) in [5.41, 5.74) is 12.6. The summed E-state index contributed by atoms with van der Waals surface area (Å²) >= 11 is 0. The Morgan fingerprint density at radius 3 is 1.34 bits per heavy atom. The Morgan fingerprint density at radius 1 is 0.549 bits per heavy atom. The van der Waals surface area contributed by atoms with Gasteiger partial charge in [0.05, 0.1) is 84.9 Å². The molecule has 5 aromatic heterocycles. The number of carboxylic acids is 1. The molecule has 2 amide bonds. The molecule has 0 bridgehead atoms. The minimum absolute atomic E-state index is 0.00611. The van der Waals surface area contributed by atoms with Crippen LogP contribution in [-0.4, -0.2) is 110 Å². The number of pyridine rings is 5. The average Bonchev–Trinajstić information content (AvgIpc) is 4.04. The average molecular weight is 986 g/mol. The Hall–Kier alpha value is -10.4. The van der Waals surface area contributed by atoms with Gasteiger partial charge in [-0.1, -0.05) is 0 Å². The molecule has 0 aliphatic carbocycles. The lowest BCUT2D eigenvalue weighted by atomic mass is 10.2. The summed E-state index contributed by atoms with van der Waals surface area (Å²) in [5, 5.41) is 49.4. The number of azo groups is 2. The van der Waals surface area contributed by atoms with Gasteiger partial charge in [0.25, 0.3) is 0 Å². The van der Waals surface area contributed by atoms with Crippen LogP contribution in [0.1, 0.15) is 76.8 Å². The van der Waals surface area contributed by atoms with E-state index in [1.807, 2.05) is 0 Å². The van der Waals surface area contributed by atoms with Gasteiger partial charge in [-0.25, -0.2) is 48.9 Å². The zero-order valence-electron chi connectivity index (χ0n) is 37.8. The van der Waals surface area contributed by atoms with Crippen molar-refractivity contribution in [3.8, 4) is 0 Å². The predicted molar refractivity (Wildman–Crippen MR) is 241 cm³/mol. The van der Waals surface area contributed by atoms with Crippen LogP contribution in [0.3, 0.4) is 0 Å². The summed E-state index contributed by atoms with van der Waals surface area (Å²) in [6.45, 7) is 3.46. The van der Waals surface area contributed by atoms with E-state index in [4.69, 9.17) is 16.6 Å². The van der Waals surface area contributed by atoms with Gasteiger partial charge in [0.1, 0.15) is 0 Å². The van der Waals surface area contributed by atoms with Crippen molar-refractivity contribution < 1.29 is 67.5 Å². The van der Waals surface area contributed by atoms with E-state index in [0.717, 1.165) is 42.8 Å². The maximum atomic E-state index is 11.1. The number of carbonyl (C=O) groups is 7. The van der Waals surface area contributed by atoms with Gasteiger partial charge in [-0.2, -0.15) is 10.2 Å². The summed E-state index contributed by atoms with van der Waals surface area (Å²) in [5.74, 6) is -3.19. The second-order valence-corrected chi connectivity index (χ2v) is 13.2. The smallest absolute Gasteiger partial charge is 0.339 e. The maximum Gasteiger partial charge on any atom is 0.339 e. The number of nitro groups is 2. The highest BCUT2D eigenvalue weighted by Gasteiger charge is 2.21. The normalized spacial score (nSPS) is 10.7. The molecule has 5 aromatic rings. The van der Waals surface area contributed by atoms with Crippen LogP contribution in [0.25, 0.3) is 0 Å². The number of ether oxygens (including phenoxy) is 4. The monoisotopic (exact) mass is 985 g/mol. The first-order valence-electron chi connectivity index (χ1n) is 19.3. The van der Waals surface area contributed by atoms with Gasteiger partial charge in [0.15, 0.2) is 17.5 Å². The third-order valence-corrected chi connectivity index (χ3v) is 8.29. The number of carbonyl (C=O) groups excluding carboxylic acids is 6. The van der Waals surface area contributed by atoms with Crippen molar-refractivity contribution in [3.05, 3.63) is 120 Å². The van der Waals surface area contributed by atoms with Crippen LogP contribution in [0.2, 0.25) is 0 Å². The molecule has 7 rings (SSSR count). The topological polar surface area (TPSA) is 453 Å². The van der Waals surface area contributed by atoms with Crippen molar-refractivity contribution in [3.63, 3.8) is 0 Å². The predicted octanol–water partition coefficient (Wildman–Crippen LogP) is 4.34. The molecule has 0 atom stereocenters. The molecule has 2 aliphatic rings. The summed E-state index contributed by atoms with van der Waals surface area (Å²) < 4.78 is 17.8. The lowest BCUT2D eigenvalue weighted by Gasteiger charge is -2.06. The van der Waals surface area contributed by atoms with Gasteiger partial charge in [-0.3, -0.25) is 29.8 Å². The number of amides is 2. The van der Waals surface area contributed by atoms with Crippen molar-refractivity contribution in [2.75, 3.05) is 50.5 Å². The van der Waals surface area contributed by atoms with E-state index < -0.39 is 51.0 Å². The Bertz CT molecular complexity index is 2950. The summed E-state index contributed by atoms with van der Waals surface area (Å²) in [7, 11) is 4.92. The highest BCUT2D eigenvalue weighted by molar-refractivity contribution is 5.95. The van der Waals surface area contributed by atoms with E-state index >= 15 is 0 Å². The van der Waals surface area contributed by atoms with Crippen molar-refractivity contribution in [2.45, 2.75) is 26.9 Å². The zero-order valence-corrected chi connectivity index (χ0v) is 37.8. The number of nitrogens with one attached hydrogen (secondary N) is 2. The highest BCUT2D eigenvalue weighted by atomic mass is 16.6. The van der Waals surface area contributed by atoms with E-state index in [1.54, 1.807) is 12.1 Å². The molecule has 2 aliphatic heterocycles. The van der Waals surface area contributed by atoms with Crippen molar-refractivity contribution >= 4 is 87.8 Å². The van der Waals surface area contributed by atoms with Gasteiger partial charge in [-0.05, 0) is 18.2 Å². The molecule has 0 saturated heterocycles. The van der Waals surface area contributed by atoms with Gasteiger partial charge < -0.3 is 46.2 Å². The number of nitrogens with zero attached hydrogens (tertiary/aromatic N) is 11. The quantitative estimate of drug-likeness (QED) is 0.0593. The zero-order chi connectivity index (χ0) is 52.9. The number of nitrogen functional groups attached to an aromatic ring is 2. The molecule has 7 N–H and O–H groups in total. The van der Waals surface area contributed by atoms with Crippen LogP contribution in [0.5, 0.6) is 0 Å². The Balaban J connectivity index is 0.000000235. The number of hydrogen-bond acceptors (Lipinski definition) is 26. The fourth-order valence-corrected chi connectivity index (χ4v) is 5.03. The van der Waals surface area contributed by atoms with E-state index in [-0.39, 0.29) is 57.3 Å². The van der Waals surface area contributed by atoms with Crippen molar-refractivity contribution in [2.24, 2.45) is 20.5 Å². The first-order chi connectivity index (χ1) is 33.6. The van der Waals surface area contributed by atoms with Crippen LogP contribution in [0, 0.1) is 20.2 Å². The van der Waals surface area contributed by atoms with Gasteiger partial charge in [0, 0.05) is 68.1 Å².